The van der Waals surface area contributed by atoms with Gasteiger partial charge in [0.1, 0.15) is 5.82 Å². The van der Waals surface area contributed by atoms with Crippen molar-refractivity contribution in [1.82, 2.24) is 20.1 Å². The lowest BCUT2D eigenvalue weighted by Crippen LogP contribution is -2.32. The SMILES string of the molecule is Cc1ccccc1C(=O)N1C[C@H](O)C[C@H]1c1nc(-c2ccccc2)n[nH]1. The molecule has 132 valence electrons. The number of carbonyl (C=O) groups excluding carboxylic acids is 1. The molecule has 0 spiro atoms. The fraction of sp³-hybridized carbons (Fsp3) is 0.250. The molecule has 26 heavy (non-hydrogen) atoms. The average molecular weight is 348 g/mol. The van der Waals surface area contributed by atoms with Gasteiger partial charge in [0, 0.05) is 24.1 Å². The molecule has 2 N–H and O–H groups in total. The molecule has 1 fully saturated rings. The van der Waals surface area contributed by atoms with Crippen molar-refractivity contribution >= 4 is 5.91 Å². The summed E-state index contributed by atoms with van der Waals surface area (Å²) in [4.78, 5) is 19.3. The molecule has 0 radical (unpaired) electrons. The van der Waals surface area contributed by atoms with Crippen LogP contribution in [0.2, 0.25) is 0 Å². The van der Waals surface area contributed by atoms with Gasteiger partial charge < -0.3 is 10.0 Å². The van der Waals surface area contributed by atoms with E-state index in [1.165, 1.54) is 0 Å². The Bertz CT molecular complexity index is 922. The average Bonchev–Trinajstić information content (AvgIpc) is 3.29. The van der Waals surface area contributed by atoms with Crippen LogP contribution in [-0.4, -0.2) is 43.7 Å². The summed E-state index contributed by atoms with van der Waals surface area (Å²) in [5.41, 5.74) is 2.47. The predicted octanol–water partition coefficient (Wildman–Crippen LogP) is 2.73. The summed E-state index contributed by atoms with van der Waals surface area (Å²) in [5.74, 6) is 1.09. The molecule has 2 heterocycles. The molecule has 0 bridgehead atoms. The van der Waals surface area contributed by atoms with Crippen LogP contribution in [0.5, 0.6) is 0 Å². The van der Waals surface area contributed by atoms with Gasteiger partial charge in [-0.3, -0.25) is 9.89 Å². The number of hydrogen-bond acceptors (Lipinski definition) is 4. The Hall–Kier alpha value is -2.99. The highest BCUT2D eigenvalue weighted by molar-refractivity contribution is 5.96. The zero-order valence-electron chi connectivity index (χ0n) is 14.5. The number of β-amino-alcohol motifs (C(OH)–C–C–N with tert-alkyl or cyclic N) is 1. The molecule has 3 aromatic rings. The van der Waals surface area contributed by atoms with Gasteiger partial charge >= 0.3 is 0 Å². The lowest BCUT2D eigenvalue weighted by atomic mass is 10.1. The Kier molecular flexibility index (Phi) is 4.26. The zero-order chi connectivity index (χ0) is 18.1. The molecule has 6 heteroatoms. The van der Waals surface area contributed by atoms with E-state index in [9.17, 15) is 9.90 Å². The third-order valence-corrected chi connectivity index (χ3v) is 4.77. The Labute approximate surface area is 151 Å². The first-order chi connectivity index (χ1) is 12.6. The molecule has 1 amide bonds. The third kappa shape index (κ3) is 2.99. The maximum absolute atomic E-state index is 13.0. The summed E-state index contributed by atoms with van der Waals surface area (Å²) < 4.78 is 0. The first-order valence-corrected chi connectivity index (χ1v) is 8.66. The van der Waals surface area contributed by atoms with Gasteiger partial charge in [0.25, 0.3) is 5.91 Å². The quantitative estimate of drug-likeness (QED) is 0.762. The summed E-state index contributed by atoms with van der Waals surface area (Å²) >= 11 is 0. The van der Waals surface area contributed by atoms with Gasteiger partial charge in [-0.2, -0.15) is 5.10 Å². The molecule has 1 aliphatic rings. The number of aromatic amines is 1. The Morgan fingerprint density at radius 3 is 2.65 bits per heavy atom. The number of H-pyrrole nitrogens is 1. The van der Waals surface area contributed by atoms with Gasteiger partial charge in [-0.05, 0) is 18.6 Å². The minimum absolute atomic E-state index is 0.0951. The molecule has 6 nitrogen and oxygen atoms in total. The maximum atomic E-state index is 13.0. The van der Waals surface area contributed by atoms with E-state index in [1.807, 2.05) is 61.5 Å². The van der Waals surface area contributed by atoms with Gasteiger partial charge in [-0.15, -0.1) is 0 Å². The van der Waals surface area contributed by atoms with E-state index in [0.717, 1.165) is 11.1 Å². The highest BCUT2D eigenvalue weighted by Crippen LogP contribution is 2.32. The van der Waals surface area contributed by atoms with E-state index in [-0.39, 0.29) is 11.9 Å². The molecule has 0 aliphatic carbocycles. The van der Waals surface area contributed by atoms with Crippen LogP contribution in [0.4, 0.5) is 0 Å². The van der Waals surface area contributed by atoms with Crippen molar-refractivity contribution in [3.8, 4) is 11.4 Å². The number of carbonyl (C=O) groups is 1. The van der Waals surface area contributed by atoms with Crippen LogP contribution in [0.15, 0.2) is 54.6 Å². The largest absolute Gasteiger partial charge is 0.391 e. The van der Waals surface area contributed by atoms with Crippen LogP contribution >= 0.6 is 0 Å². The fourth-order valence-electron chi connectivity index (χ4n) is 3.40. The number of benzene rings is 2. The van der Waals surface area contributed by atoms with Crippen molar-refractivity contribution in [3.63, 3.8) is 0 Å². The molecule has 1 aliphatic heterocycles. The van der Waals surface area contributed by atoms with Crippen molar-refractivity contribution in [1.29, 1.82) is 0 Å². The number of aliphatic hydroxyl groups excluding tert-OH is 1. The lowest BCUT2D eigenvalue weighted by molar-refractivity contribution is 0.0710. The van der Waals surface area contributed by atoms with E-state index < -0.39 is 6.10 Å². The summed E-state index contributed by atoms with van der Waals surface area (Å²) in [7, 11) is 0. The molecule has 1 saturated heterocycles. The first-order valence-electron chi connectivity index (χ1n) is 8.66. The predicted molar refractivity (Wildman–Crippen MR) is 97.4 cm³/mol. The lowest BCUT2D eigenvalue weighted by Gasteiger charge is -2.23. The second-order valence-corrected chi connectivity index (χ2v) is 6.59. The molecular formula is C20H20N4O2. The standard InChI is InChI=1S/C20H20N4O2/c1-13-7-5-6-10-16(13)20(26)24-12-15(25)11-17(24)19-21-18(22-23-19)14-8-3-2-4-9-14/h2-10,15,17,25H,11-12H2,1H3,(H,21,22,23)/t15-,17+/m1/s1. The summed E-state index contributed by atoms with van der Waals surface area (Å²) in [6, 6.07) is 16.8. The van der Waals surface area contributed by atoms with Crippen LogP contribution < -0.4 is 0 Å². The maximum Gasteiger partial charge on any atom is 0.254 e. The highest BCUT2D eigenvalue weighted by Gasteiger charge is 2.38. The Morgan fingerprint density at radius 2 is 1.88 bits per heavy atom. The van der Waals surface area contributed by atoms with Crippen molar-refractivity contribution in [2.24, 2.45) is 0 Å². The van der Waals surface area contributed by atoms with Crippen molar-refractivity contribution in [2.75, 3.05) is 6.54 Å². The molecule has 2 aromatic carbocycles. The zero-order valence-corrected chi connectivity index (χ0v) is 14.5. The van der Waals surface area contributed by atoms with Crippen LogP contribution in [0.25, 0.3) is 11.4 Å². The number of aryl methyl sites for hydroxylation is 1. The number of aliphatic hydroxyl groups is 1. The highest BCUT2D eigenvalue weighted by atomic mass is 16.3. The van der Waals surface area contributed by atoms with E-state index in [4.69, 9.17) is 0 Å². The number of hydrogen-bond donors (Lipinski definition) is 2. The normalized spacial score (nSPS) is 19.7. The van der Waals surface area contributed by atoms with Gasteiger partial charge in [0.15, 0.2) is 5.82 Å². The number of nitrogens with zero attached hydrogens (tertiary/aromatic N) is 3. The number of aromatic nitrogens is 3. The van der Waals surface area contributed by atoms with Gasteiger partial charge in [0.05, 0.1) is 12.1 Å². The number of amides is 1. The van der Waals surface area contributed by atoms with Crippen molar-refractivity contribution in [3.05, 3.63) is 71.5 Å². The van der Waals surface area contributed by atoms with Gasteiger partial charge in [-0.1, -0.05) is 48.5 Å². The van der Waals surface area contributed by atoms with E-state index in [1.54, 1.807) is 4.90 Å². The van der Waals surface area contributed by atoms with Gasteiger partial charge in [0.2, 0.25) is 0 Å². The van der Waals surface area contributed by atoms with Crippen molar-refractivity contribution < 1.29 is 9.90 Å². The summed E-state index contributed by atoms with van der Waals surface area (Å²) in [6.45, 7) is 2.20. The van der Waals surface area contributed by atoms with E-state index in [2.05, 4.69) is 15.2 Å². The van der Waals surface area contributed by atoms with Gasteiger partial charge in [-0.25, -0.2) is 4.98 Å². The monoisotopic (exact) mass is 348 g/mol. The van der Waals surface area contributed by atoms with E-state index in [0.29, 0.717) is 30.2 Å². The van der Waals surface area contributed by atoms with Crippen molar-refractivity contribution in [2.45, 2.75) is 25.5 Å². The third-order valence-electron chi connectivity index (χ3n) is 4.77. The minimum Gasteiger partial charge on any atom is -0.391 e. The molecule has 0 saturated carbocycles. The fourth-order valence-corrected chi connectivity index (χ4v) is 3.40. The summed E-state index contributed by atoms with van der Waals surface area (Å²) in [6.07, 6.45) is -0.126. The van der Waals surface area contributed by atoms with Crippen LogP contribution in [0, 0.1) is 6.92 Å². The summed E-state index contributed by atoms with van der Waals surface area (Å²) in [5, 5.41) is 17.4. The first kappa shape index (κ1) is 16.5. The van der Waals surface area contributed by atoms with E-state index >= 15 is 0 Å². The molecule has 0 unspecified atom stereocenters. The topological polar surface area (TPSA) is 82.1 Å². The smallest absolute Gasteiger partial charge is 0.254 e. The van der Waals surface area contributed by atoms with Crippen LogP contribution in [-0.2, 0) is 0 Å². The number of nitrogens with one attached hydrogen (secondary N) is 1. The minimum atomic E-state index is -0.571. The molecule has 2 atom stereocenters. The Morgan fingerprint density at radius 1 is 1.15 bits per heavy atom. The Balaban J connectivity index is 1.64. The van der Waals surface area contributed by atoms with Crippen LogP contribution in [0.1, 0.15) is 34.2 Å². The molecular weight excluding hydrogens is 328 g/mol. The number of rotatable bonds is 3. The van der Waals surface area contributed by atoms with Crippen LogP contribution in [0.3, 0.4) is 0 Å². The second-order valence-electron chi connectivity index (χ2n) is 6.59. The number of likely N-dealkylation sites (tertiary alicyclic amines) is 1. The second kappa shape index (κ2) is 6.72. The molecule has 1 aromatic heterocycles. The molecule has 4 rings (SSSR count).